The first-order valence-electron chi connectivity index (χ1n) is 14.2. The fourth-order valence-corrected chi connectivity index (χ4v) is 6.30. The molecule has 1 aromatic carbocycles. The molecule has 1 saturated heterocycles. The molecule has 2 unspecified atom stereocenters. The molecule has 4 atom stereocenters. The van der Waals surface area contributed by atoms with Crippen LogP contribution in [-0.4, -0.2) is 73.2 Å². The Morgan fingerprint density at radius 1 is 1.11 bits per heavy atom. The van der Waals surface area contributed by atoms with Gasteiger partial charge in [-0.15, -0.1) is 0 Å². The topological polar surface area (TPSA) is 157 Å². The zero-order valence-electron chi connectivity index (χ0n) is 23.5. The number of Topliss-reactive ketones (excluding diaryl/α,β-unsaturated/α-hetero) is 1. The molecule has 1 aliphatic heterocycles. The number of pyridine rings is 1. The third-order valence-corrected chi connectivity index (χ3v) is 8.51. The van der Waals surface area contributed by atoms with Crippen LogP contribution < -0.4 is 15.6 Å². The Morgan fingerprint density at radius 3 is 2.70 bits per heavy atom. The Kier molecular flexibility index (Phi) is 8.04. The van der Waals surface area contributed by atoms with Crippen molar-refractivity contribution < 1.29 is 28.1 Å². The van der Waals surface area contributed by atoms with E-state index < -0.39 is 42.0 Å². The van der Waals surface area contributed by atoms with E-state index in [4.69, 9.17) is 17.3 Å². The van der Waals surface area contributed by atoms with Crippen molar-refractivity contribution in [3.05, 3.63) is 71.9 Å². The van der Waals surface area contributed by atoms with E-state index in [-0.39, 0.29) is 31.0 Å². The van der Waals surface area contributed by atoms with Crippen LogP contribution in [0.3, 0.4) is 0 Å². The Morgan fingerprint density at radius 2 is 1.95 bits per heavy atom. The van der Waals surface area contributed by atoms with Crippen molar-refractivity contribution in [2.75, 3.05) is 6.54 Å². The molecule has 226 valence electrons. The van der Waals surface area contributed by atoms with Gasteiger partial charge in [0.05, 0.1) is 30.5 Å². The summed E-state index contributed by atoms with van der Waals surface area (Å²) in [6.07, 6.45) is 4.89. The number of fused-ring (bicyclic) bond motifs is 1. The maximum atomic E-state index is 14.7. The molecule has 3 aromatic heterocycles. The van der Waals surface area contributed by atoms with Crippen molar-refractivity contribution in [2.45, 2.75) is 56.5 Å². The number of hydrogen-bond acceptors (Lipinski definition) is 7. The number of halogens is 2. The standard InChI is InChI=1S/C30H28ClFN8O4/c31-25-6-1-2-11-38(25)23-5-3-4-21(28(23)42)36-30(44)24-13-19(32)15-39(24)26(41)16-40-22-8-7-17(18-9-10-34-35-14-18)12-20(22)27(37-40)29(33)43/h1-2,6-12,14,19,21,23-24H,3-5,13,15-16H2,(H2-,33,36,43,44)/p+1/t19-,21?,23?,24+/m1/s1. The van der Waals surface area contributed by atoms with Crippen LogP contribution >= 0.6 is 11.6 Å². The van der Waals surface area contributed by atoms with Gasteiger partial charge in [-0.05, 0) is 54.3 Å². The van der Waals surface area contributed by atoms with Crippen LogP contribution in [0.5, 0.6) is 0 Å². The molecular formula is C30H29ClFN8O4+. The molecule has 14 heteroatoms. The molecule has 1 aliphatic carbocycles. The first-order valence-corrected chi connectivity index (χ1v) is 14.6. The molecule has 4 heterocycles. The minimum absolute atomic E-state index is 0.0301. The number of nitrogens with one attached hydrogen (secondary N) is 1. The van der Waals surface area contributed by atoms with Gasteiger partial charge in [0.1, 0.15) is 18.8 Å². The van der Waals surface area contributed by atoms with Crippen LogP contribution in [0.15, 0.2) is 61.1 Å². The summed E-state index contributed by atoms with van der Waals surface area (Å²) in [4.78, 5) is 53.7. The highest BCUT2D eigenvalue weighted by Crippen LogP contribution is 2.28. The molecule has 2 fully saturated rings. The molecule has 6 rings (SSSR count). The lowest BCUT2D eigenvalue weighted by atomic mass is 9.89. The second-order valence-electron chi connectivity index (χ2n) is 11.0. The zero-order valence-corrected chi connectivity index (χ0v) is 24.2. The second-order valence-corrected chi connectivity index (χ2v) is 11.4. The molecule has 3 amide bonds. The van der Waals surface area contributed by atoms with Gasteiger partial charge in [0, 0.05) is 35.9 Å². The number of nitrogens with two attached hydrogens (primary N) is 1. The molecule has 2 aliphatic rings. The fourth-order valence-electron chi connectivity index (χ4n) is 6.06. The fraction of sp³-hybridized carbons (Fsp3) is 0.333. The Hall–Kier alpha value is -4.78. The number of carbonyl (C=O) groups excluding carboxylic acids is 4. The minimum atomic E-state index is -1.42. The zero-order chi connectivity index (χ0) is 31.0. The number of nitrogens with zero attached hydrogens (tertiary/aromatic N) is 6. The van der Waals surface area contributed by atoms with E-state index in [0.717, 1.165) is 11.1 Å². The van der Waals surface area contributed by atoms with Crippen molar-refractivity contribution in [2.24, 2.45) is 5.73 Å². The molecule has 12 nitrogen and oxygen atoms in total. The summed E-state index contributed by atoms with van der Waals surface area (Å²) in [6.45, 7) is -0.640. The maximum absolute atomic E-state index is 14.7. The number of likely N-dealkylation sites (tertiary alicyclic amines) is 1. The van der Waals surface area contributed by atoms with Gasteiger partial charge in [-0.3, -0.25) is 23.9 Å². The van der Waals surface area contributed by atoms with Crippen LogP contribution in [-0.2, 0) is 20.9 Å². The van der Waals surface area contributed by atoms with Crippen molar-refractivity contribution in [1.82, 2.24) is 30.2 Å². The van der Waals surface area contributed by atoms with Gasteiger partial charge in [0.25, 0.3) is 11.1 Å². The van der Waals surface area contributed by atoms with E-state index in [1.54, 1.807) is 59.4 Å². The van der Waals surface area contributed by atoms with Gasteiger partial charge in [-0.1, -0.05) is 6.07 Å². The number of rotatable bonds is 7. The normalized spacial score (nSPS) is 21.9. The smallest absolute Gasteiger partial charge is 0.275 e. The summed E-state index contributed by atoms with van der Waals surface area (Å²) in [6, 6.07) is 9.75. The number of alkyl halides is 1. The van der Waals surface area contributed by atoms with Gasteiger partial charge < -0.3 is 16.0 Å². The van der Waals surface area contributed by atoms with Crippen LogP contribution in [0.25, 0.3) is 22.0 Å². The highest BCUT2D eigenvalue weighted by atomic mass is 35.5. The number of amides is 3. The summed E-state index contributed by atoms with van der Waals surface area (Å²) < 4.78 is 17.7. The predicted molar refractivity (Wildman–Crippen MR) is 156 cm³/mol. The summed E-state index contributed by atoms with van der Waals surface area (Å²) in [5.74, 6) is -2.13. The minimum Gasteiger partial charge on any atom is -0.364 e. The van der Waals surface area contributed by atoms with E-state index in [2.05, 4.69) is 20.6 Å². The van der Waals surface area contributed by atoms with Gasteiger partial charge in [0.15, 0.2) is 11.9 Å². The predicted octanol–water partition coefficient (Wildman–Crippen LogP) is 1.95. The number of primary amides is 1. The molecule has 0 spiro atoms. The Labute approximate surface area is 256 Å². The summed E-state index contributed by atoms with van der Waals surface area (Å²) in [5.41, 5.74) is 7.53. The van der Waals surface area contributed by atoms with Gasteiger partial charge >= 0.3 is 0 Å². The van der Waals surface area contributed by atoms with E-state index >= 15 is 0 Å². The maximum Gasteiger partial charge on any atom is 0.275 e. The van der Waals surface area contributed by atoms with E-state index in [9.17, 15) is 23.6 Å². The van der Waals surface area contributed by atoms with Gasteiger partial charge in [-0.2, -0.15) is 19.9 Å². The van der Waals surface area contributed by atoms with Crippen LogP contribution in [0, 0.1) is 0 Å². The van der Waals surface area contributed by atoms with Crippen molar-refractivity contribution in [3.8, 4) is 11.1 Å². The molecule has 44 heavy (non-hydrogen) atoms. The van der Waals surface area contributed by atoms with E-state index in [1.165, 1.54) is 15.8 Å². The lowest BCUT2D eigenvalue weighted by Crippen LogP contribution is -2.57. The molecule has 4 aromatic rings. The largest absolute Gasteiger partial charge is 0.364 e. The van der Waals surface area contributed by atoms with E-state index in [0.29, 0.717) is 35.3 Å². The number of hydrogen-bond donors (Lipinski definition) is 2. The lowest BCUT2D eigenvalue weighted by Gasteiger charge is -2.29. The van der Waals surface area contributed by atoms with Crippen LogP contribution in [0.4, 0.5) is 4.39 Å². The summed E-state index contributed by atoms with van der Waals surface area (Å²) in [5, 5.41) is 15.5. The highest BCUT2D eigenvalue weighted by molar-refractivity contribution is 6.28. The second kappa shape index (κ2) is 12.1. The monoisotopic (exact) mass is 619 g/mol. The molecular weight excluding hydrogens is 591 g/mol. The quantitative estimate of drug-likeness (QED) is 0.236. The SMILES string of the molecule is NC(=O)c1nn(CC(=O)N2C[C@H](F)C[C@H]2C(=O)NC2CCCC([n+]3ccccc3Cl)C2=O)c2ccc(-c3ccnnc3)cc12. The highest BCUT2D eigenvalue weighted by Gasteiger charge is 2.44. The van der Waals surface area contributed by atoms with Crippen molar-refractivity contribution >= 4 is 46.0 Å². The summed E-state index contributed by atoms with van der Waals surface area (Å²) in [7, 11) is 0. The molecule has 1 saturated carbocycles. The number of aromatic nitrogens is 5. The van der Waals surface area contributed by atoms with Crippen LogP contribution in [0.2, 0.25) is 5.15 Å². The first-order chi connectivity index (χ1) is 21.2. The van der Waals surface area contributed by atoms with Gasteiger partial charge in [-0.25, -0.2) is 4.39 Å². The van der Waals surface area contributed by atoms with Gasteiger partial charge in [0.2, 0.25) is 23.6 Å². The first kappa shape index (κ1) is 29.3. The summed E-state index contributed by atoms with van der Waals surface area (Å²) >= 11 is 6.31. The third kappa shape index (κ3) is 5.62. The third-order valence-electron chi connectivity index (χ3n) is 8.19. The van der Waals surface area contributed by atoms with Crippen molar-refractivity contribution in [1.29, 1.82) is 0 Å². The van der Waals surface area contributed by atoms with Crippen molar-refractivity contribution in [3.63, 3.8) is 0 Å². The van der Waals surface area contributed by atoms with Crippen LogP contribution in [0.1, 0.15) is 42.2 Å². The Balaban J connectivity index is 1.20. The number of benzene rings is 1. The molecule has 0 radical (unpaired) electrons. The number of carbonyl (C=O) groups is 4. The lowest BCUT2D eigenvalue weighted by molar-refractivity contribution is -0.708. The molecule has 0 bridgehead atoms. The molecule has 3 N–H and O–H groups in total. The number of ketones is 1. The average Bonchev–Trinajstić information content (AvgIpc) is 3.59. The Bertz CT molecular complexity index is 1770. The van der Waals surface area contributed by atoms with E-state index in [1.807, 2.05) is 0 Å². The average molecular weight is 620 g/mol.